The summed E-state index contributed by atoms with van der Waals surface area (Å²) in [7, 11) is -3.26. The summed E-state index contributed by atoms with van der Waals surface area (Å²) < 4.78 is 28.9. The van der Waals surface area contributed by atoms with E-state index in [0.29, 0.717) is 28.6 Å². The van der Waals surface area contributed by atoms with Gasteiger partial charge in [0.05, 0.1) is 11.5 Å². The highest BCUT2D eigenvalue weighted by atomic mass is 35.5. The Morgan fingerprint density at radius 1 is 1.47 bits per heavy atom. The fourth-order valence-electron chi connectivity index (χ4n) is 2.21. The number of hydrogen-bond donors (Lipinski definition) is 1. The molecule has 1 heterocycles. The third-order valence-corrected chi connectivity index (χ3v) is 4.74. The molecule has 0 saturated carbocycles. The van der Waals surface area contributed by atoms with Crippen molar-refractivity contribution in [3.63, 3.8) is 0 Å². The topological polar surface area (TPSA) is 55.4 Å². The monoisotopic (exact) mass is 303 g/mol. The summed E-state index contributed by atoms with van der Waals surface area (Å²) in [4.78, 5) is 0.296. The summed E-state index contributed by atoms with van der Waals surface area (Å²) >= 11 is 6.12. The van der Waals surface area contributed by atoms with Gasteiger partial charge >= 0.3 is 0 Å². The third kappa shape index (κ3) is 3.92. The van der Waals surface area contributed by atoms with Gasteiger partial charge in [0.15, 0.2) is 9.84 Å². The lowest BCUT2D eigenvalue weighted by Crippen LogP contribution is -2.36. The predicted molar refractivity (Wildman–Crippen MR) is 75.2 cm³/mol. The molecule has 1 aromatic rings. The van der Waals surface area contributed by atoms with Gasteiger partial charge in [0, 0.05) is 36.0 Å². The second-order valence-corrected chi connectivity index (χ2v) is 7.18. The van der Waals surface area contributed by atoms with Gasteiger partial charge in [-0.2, -0.15) is 0 Å². The number of sulfone groups is 1. The molecular weight excluding hydrogens is 286 g/mol. The normalized spacial score (nSPS) is 20.4. The Balaban J connectivity index is 2.15. The molecule has 2 rings (SSSR count). The summed E-state index contributed by atoms with van der Waals surface area (Å²) in [5.41, 5.74) is 0.636. The van der Waals surface area contributed by atoms with Crippen LogP contribution in [0.5, 0.6) is 0 Å². The second-order valence-electron chi connectivity index (χ2n) is 4.78. The molecule has 106 valence electrons. The minimum Gasteiger partial charge on any atom is -0.380 e. The van der Waals surface area contributed by atoms with Crippen molar-refractivity contribution in [2.24, 2.45) is 0 Å². The average Bonchev–Trinajstić information content (AvgIpc) is 2.37. The van der Waals surface area contributed by atoms with Gasteiger partial charge in [0.25, 0.3) is 0 Å². The van der Waals surface area contributed by atoms with Gasteiger partial charge in [0.2, 0.25) is 0 Å². The zero-order chi connectivity index (χ0) is 13.9. The van der Waals surface area contributed by atoms with E-state index in [-0.39, 0.29) is 6.04 Å². The molecule has 0 aromatic heterocycles. The molecule has 1 saturated heterocycles. The Labute approximate surface area is 119 Å². The van der Waals surface area contributed by atoms with Crippen molar-refractivity contribution in [2.45, 2.75) is 30.3 Å². The van der Waals surface area contributed by atoms with Crippen LogP contribution >= 0.6 is 11.6 Å². The summed E-state index contributed by atoms with van der Waals surface area (Å²) in [6.07, 6.45) is 3.27. The molecule has 19 heavy (non-hydrogen) atoms. The third-order valence-electron chi connectivity index (χ3n) is 3.20. The molecule has 0 amide bonds. The van der Waals surface area contributed by atoms with Crippen LogP contribution in [-0.4, -0.2) is 33.9 Å². The van der Waals surface area contributed by atoms with Crippen LogP contribution in [0.2, 0.25) is 5.02 Å². The first-order chi connectivity index (χ1) is 8.98. The minimum absolute atomic E-state index is 0.262. The van der Waals surface area contributed by atoms with Crippen LogP contribution in [-0.2, 0) is 21.1 Å². The molecule has 0 aliphatic carbocycles. The highest BCUT2D eigenvalue weighted by molar-refractivity contribution is 7.90. The molecule has 1 N–H and O–H groups in total. The fourth-order valence-corrected chi connectivity index (χ4v) is 3.46. The van der Waals surface area contributed by atoms with Crippen molar-refractivity contribution in [2.75, 3.05) is 19.5 Å². The van der Waals surface area contributed by atoms with Crippen LogP contribution in [0.3, 0.4) is 0 Å². The predicted octanol–water partition coefficient (Wildman–Crippen LogP) is 2.01. The highest BCUT2D eigenvalue weighted by Crippen LogP contribution is 2.24. The number of rotatable bonds is 4. The lowest BCUT2D eigenvalue weighted by atomic mass is 10.1. The molecule has 1 atom stereocenters. The van der Waals surface area contributed by atoms with Crippen molar-refractivity contribution in [1.82, 2.24) is 5.32 Å². The van der Waals surface area contributed by atoms with Crippen molar-refractivity contribution < 1.29 is 13.2 Å². The van der Waals surface area contributed by atoms with Crippen molar-refractivity contribution >= 4 is 21.4 Å². The fraction of sp³-hybridized carbons (Fsp3) is 0.538. The smallest absolute Gasteiger partial charge is 0.175 e. The first-order valence-electron chi connectivity index (χ1n) is 6.27. The molecular formula is C13H18ClNO3S. The van der Waals surface area contributed by atoms with Crippen LogP contribution in [0.4, 0.5) is 0 Å². The lowest BCUT2D eigenvalue weighted by molar-refractivity contribution is 0.0699. The number of benzene rings is 1. The molecule has 0 bridgehead atoms. The molecule has 1 aromatic carbocycles. The van der Waals surface area contributed by atoms with Crippen LogP contribution in [0.1, 0.15) is 18.4 Å². The van der Waals surface area contributed by atoms with Crippen molar-refractivity contribution in [3.8, 4) is 0 Å². The first-order valence-corrected chi connectivity index (χ1v) is 8.54. The van der Waals surface area contributed by atoms with E-state index in [1.54, 1.807) is 18.2 Å². The summed E-state index contributed by atoms with van der Waals surface area (Å²) in [5, 5.41) is 3.80. The van der Waals surface area contributed by atoms with Gasteiger partial charge in [-0.05, 0) is 25.0 Å². The Morgan fingerprint density at radius 2 is 2.26 bits per heavy atom. The summed E-state index contributed by atoms with van der Waals surface area (Å²) in [5.74, 6) is 0. The van der Waals surface area contributed by atoms with Crippen LogP contribution in [0.25, 0.3) is 0 Å². The van der Waals surface area contributed by atoms with Crippen LogP contribution < -0.4 is 5.32 Å². The van der Waals surface area contributed by atoms with E-state index >= 15 is 0 Å². The molecule has 4 nitrogen and oxygen atoms in total. The second kappa shape index (κ2) is 6.22. The summed E-state index contributed by atoms with van der Waals surface area (Å²) in [6, 6.07) is 5.23. The quantitative estimate of drug-likeness (QED) is 0.924. The molecule has 6 heteroatoms. The standard InChI is InChI=1S/C13H18ClNO3S/c1-19(16,17)13-6-2-5-12(14)11(13)8-15-10-4-3-7-18-9-10/h2,5-6,10,15H,3-4,7-9H2,1H3. The largest absolute Gasteiger partial charge is 0.380 e. The zero-order valence-electron chi connectivity index (χ0n) is 10.9. The number of nitrogens with one attached hydrogen (secondary N) is 1. The molecule has 1 unspecified atom stereocenters. The van der Waals surface area contributed by atoms with Gasteiger partial charge in [-0.25, -0.2) is 8.42 Å². The number of hydrogen-bond acceptors (Lipinski definition) is 4. The maximum absolute atomic E-state index is 11.7. The Bertz CT molecular complexity index is 539. The van der Waals surface area contributed by atoms with E-state index in [9.17, 15) is 8.42 Å². The molecule has 1 aliphatic heterocycles. The van der Waals surface area contributed by atoms with Gasteiger partial charge in [-0.1, -0.05) is 17.7 Å². The minimum atomic E-state index is -3.26. The van der Waals surface area contributed by atoms with E-state index in [2.05, 4.69) is 5.32 Å². The van der Waals surface area contributed by atoms with Gasteiger partial charge < -0.3 is 10.1 Å². The Morgan fingerprint density at radius 3 is 2.89 bits per heavy atom. The highest BCUT2D eigenvalue weighted by Gasteiger charge is 2.18. The first kappa shape index (κ1) is 14.8. The van der Waals surface area contributed by atoms with Crippen LogP contribution in [0.15, 0.2) is 23.1 Å². The Hall–Kier alpha value is -0.620. The Kier molecular flexibility index (Phi) is 4.84. The van der Waals surface area contributed by atoms with E-state index in [4.69, 9.17) is 16.3 Å². The number of halogens is 1. The zero-order valence-corrected chi connectivity index (χ0v) is 12.4. The van der Waals surface area contributed by atoms with E-state index in [1.165, 1.54) is 6.26 Å². The number of ether oxygens (including phenoxy) is 1. The van der Waals surface area contributed by atoms with E-state index in [1.807, 2.05) is 0 Å². The van der Waals surface area contributed by atoms with Gasteiger partial charge in [-0.3, -0.25) is 0 Å². The van der Waals surface area contributed by atoms with Crippen LogP contribution in [0, 0.1) is 0 Å². The molecule has 0 radical (unpaired) electrons. The molecule has 1 aliphatic rings. The van der Waals surface area contributed by atoms with E-state index in [0.717, 1.165) is 19.4 Å². The maximum Gasteiger partial charge on any atom is 0.175 e. The lowest BCUT2D eigenvalue weighted by Gasteiger charge is -2.24. The van der Waals surface area contributed by atoms with Crippen molar-refractivity contribution in [3.05, 3.63) is 28.8 Å². The van der Waals surface area contributed by atoms with Gasteiger partial charge in [-0.15, -0.1) is 0 Å². The SMILES string of the molecule is CS(=O)(=O)c1cccc(Cl)c1CNC1CCCOC1. The molecule has 0 spiro atoms. The van der Waals surface area contributed by atoms with E-state index < -0.39 is 9.84 Å². The maximum atomic E-state index is 11.7. The van der Waals surface area contributed by atoms with Gasteiger partial charge in [0.1, 0.15) is 0 Å². The van der Waals surface area contributed by atoms with Crippen molar-refractivity contribution in [1.29, 1.82) is 0 Å². The molecule has 1 fully saturated rings. The average molecular weight is 304 g/mol. The summed E-state index contributed by atoms with van der Waals surface area (Å²) in [6.45, 7) is 1.91.